The highest BCUT2D eigenvalue weighted by atomic mass is 16.7. The molecule has 2 aromatic rings. The van der Waals surface area contributed by atoms with Gasteiger partial charge < -0.3 is 9.47 Å². The van der Waals surface area contributed by atoms with E-state index < -0.39 is 17.9 Å². The third-order valence-electron chi connectivity index (χ3n) is 3.81. The number of benzene rings is 2. The molecule has 0 unspecified atom stereocenters. The summed E-state index contributed by atoms with van der Waals surface area (Å²) in [6.45, 7) is 1.67. The molecule has 0 N–H and O–H groups in total. The summed E-state index contributed by atoms with van der Waals surface area (Å²) in [5.41, 5.74) is 1.23. The summed E-state index contributed by atoms with van der Waals surface area (Å²) in [4.78, 5) is 30.5. The van der Waals surface area contributed by atoms with Crippen LogP contribution >= 0.6 is 0 Å². The smallest absolute Gasteiger partial charge is 0.286 e. The Morgan fingerprint density at radius 2 is 1.46 bits per heavy atom. The summed E-state index contributed by atoms with van der Waals surface area (Å²) < 4.78 is 10.4. The lowest BCUT2D eigenvalue weighted by Gasteiger charge is -2.15. The highest BCUT2D eigenvalue weighted by Crippen LogP contribution is 2.35. The first-order chi connectivity index (χ1) is 12.5. The zero-order valence-corrected chi connectivity index (χ0v) is 14.6. The first kappa shape index (κ1) is 17.5. The third kappa shape index (κ3) is 3.25. The van der Waals surface area contributed by atoms with E-state index in [1.165, 1.54) is 26.4 Å². The Hall–Kier alpha value is -3.30. The van der Waals surface area contributed by atoms with E-state index >= 15 is 0 Å². The molecule has 1 aliphatic heterocycles. The molecule has 0 radical (unpaired) electrons. The topological polar surface area (TPSA) is 65.1 Å². The van der Waals surface area contributed by atoms with E-state index in [2.05, 4.69) is 11.8 Å². The number of hydrogen-bond donors (Lipinski definition) is 0. The lowest BCUT2D eigenvalue weighted by molar-refractivity contribution is -0.108. The third-order valence-corrected chi connectivity index (χ3v) is 3.81. The Kier molecular flexibility index (Phi) is 4.92. The average molecular weight is 351 g/mol. The van der Waals surface area contributed by atoms with E-state index in [4.69, 9.17) is 14.3 Å². The SMILES string of the molecule is COc1cc2c(cc1OC)C(=O)N(O[C@@H](C)C#Cc1ccccc1)C2=O. The van der Waals surface area contributed by atoms with Crippen molar-refractivity contribution in [1.29, 1.82) is 0 Å². The van der Waals surface area contributed by atoms with Gasteiger partial charge >= 0.3 is 0 Å². The fourth-order valence-electron chi connectivity index (χ4n) is 2.53. The van der Waals surface area contributed by atoms with Crippen LogP contribution in [-0.4, -0.2) is 37.2 Å². The van der Waals surface area contributed by atoms with E-state index in [1.807, 2.05) is 30.3 Å². The number of amides is 2. The Morgan fingerprint density at radius 3 is 1.96 bits per heavy atom. The molecule has 1 heterocycles. The van der Waals surface area contributed by atoms with Crippen LogP contribution in [0.15, 0.2) is 42.5 Å². The van der Waals surface area contributed by atoms with Gasteiger partial charge in [0.2, 0.25) is 0 Å². The van der Waals surface area contributed by atoms with Crippen molar-refractivity contribution in [1.82, 2.24) is 5.06 Å². The zero-order chi connectivity index (χ0) is 18.7. The second-order valence-corrected chi connectivity index (χ2v) is 5.54. The van der Waals surface area contributed by atoms with Gasteiger partial charge in [-0.15, -0.1) is 5.06 Å². The van der Waals surface area contributed by atoms with Gasteiger partial charge in [0, 0.05) is 5.56 Å². The number of carbonyl (C=O) groups excluding carboxylic acids is 2. The van der Waals surface area contributed by atoms with Crippen molar-refractivity contribution < 1.29 is 23.9 Å². The Morgan fingerprint density at radius 1 is 0.923 bits per heavy atom. The van der Waals surface area contributed by atoms with Crippen LogP contribution in [0.25, 0.3) is 0 Å². The molecule has 0 aromatic heterocycles. The molecule has 2 aromatic carbocycles. The minimum atomic E-state index is -0.652. The van der Waals surface area contributed by atoms with Gasteiger partial charge in [0.15, 0.2) is 11.5 Å². The number of methoxy groups -OCH3 is 2. The summed E-state index contributed by atoms with van der Waals surface area (Å²) in [5, 5.41) is 0.730. The number of rotatable bonds is 4. The van der Waals surface area contributed by atoms with E-state index in [1.54, 1.807) is 6.92 Å². The Labute approximate surface area is 151 Å². The Balaban J connectivity index is 1.81. The number of nitrogens with zero attached hydrogens (tertiary/aromatic N) is 1. The molecule has 1 aliphatic rings. The molecule has 0 saturated carbocycles. The molecule has 6 nitrogen and oxygen atoms in total. The highest BCUT2D eigenvalue weighted by molar-refractivity contribution is 6.21. The van der Waals surface area contributed by atoms with Crippen molar-refractivity contribution in [2.45, 2.75) is 13.0 Å². The van der Waals surface area contributed by atoms with E-state index in [0.29, 0.717) is 11.5 Å². The number of ether oxygens (including phenoxy) is 2. The number of imide groups is 1. The standard InChI is InChI=1S/C20H17NO5/c1-13(9-10-14-7-5-4-6-8-14)26-21-19(22)15-11-17(24-2)18(25-3)12-16(15)20(21)23/h4-8,11-13H,1-3H3/t13-/m0/s1. The molecule has 3 rings (SSSR count). The van der Waals surface area contributed by atoms with Crippen molar-refractivity contribution in [3.63, 3.8) is 0 Å². The zero-order valence-electron chi connectivity index (χ0n) is 14.6. The van der Waals surface area contributed by atoms with Crippen molar-refractivity contribution in [2.24, 2.45) is 0 Å². The van der Waals surface area contributed by atoms with Crippen molar-refractivity contribution in [3.8, 4) is 23.3 Å². The van der Waals surface area contributed by atoms with E-state index in [0.717, 1.165) is 10.6 Å². The van der Waals surface area contributed by atoms with Crippen LogP contribution in [0.5, 0.6) is 11.5 Å². The molecule has 26 heavy (non-hydrogen) atoms. The van der Waals surface area contributed by atoms with Gasteiger partial charge in [0.1, 0.15) is 6.10 Å². The predicted molar refractivity (Wildman–Crippen MR) is 93.9 cm³/mol. The maximum absolute atomic E-state index is 12.5. The van der Waals surface area contributed by atoms with Gasteiger partial charge in [0.05, 0.1) is 25.3 Å². The van der Waals surface area contributed by atoms with E-state index in [9.17, 15) is 9.59 Å². The summed E-state index contributed by atoms with van der Waals surface area (Å²) in [7, 11) is 2.92. The van der Waals surface area contributed by atoms with Crippen molar-refractivity contribution in [2.75, 3.05) is 14.2 Å². The van der Waals surface area contributed by atoms with Crippen LogP contribution in [0, 0.1) is 11.8 Å². The molecule has 132 valence electrons. The molecule has 0 bridgehead atoms. The summed E-state index contributed by atoms with van der Waals surface area (Å²) in [5.74, 6) is 5.43. The van der Waals surface area contributed by atoms with Crippen molar-refractivity contribution >= 4 is 11.8 Å². The second kappa shape index (κ2) is 7.30. The highest BCUT2D eigenvalue weighted by Gasteiger charge is 2.39. The molecule has 1 atom stereocenters. The van der Waals surface area contributed by atoms with Gasteiger partial charge in [-0.3, -0.25) is 9.59 Å². The first-order valence-corrected chi connectivity index (χ1v) is 7.93. The number of hydroxylamine groups is 2. The predicted octanol–water partition coefficient (Wildman–Crippen LogP) is 2.67. The van der Waals surface area contributed by atoms with Crippen LogP contribution in [-0.2, 0) is 4.84 Å². The van der Waals surface area contributed by atoms with Crippen LogP contribution in [0.4, 0.5) is 0 Å². The number of carbonyl (C=O) groups is 2. The molecule has 0 spiro atoms. The van der Waals surface area contributed by atoms with Gasteiger partial charge in [-0.1, -0.05) is 30.0 Å². The van der Waals surface area contributed by atoms with Crippen LogP contribution in [0.2, 0.25) is 0 Å². The maximum Gasteiger partial charge on any atom is 0.286 e. The lowest BCUT2D eigenvalue weighted by Crippen LogP contribution is -2.33. The van der Waals surface area contributed by atoms with Crippen LogP contribution in [0.1, 0.15) is 33.2 Å². The molecule has 0 aliphatic carbocycles. The maximum atomic E-state index is 12.5. The van der Waals surface area contributed by atoms with Crippen LogP contribution in [0.3, 0.4) is 0 Å². The fraction of sp³-hybridized carbons (Fsp3) is 0.200. The van der Waals surface area contributed by atoms with Crippen LogP contribution < -0.4 is 9.47 Å². The lowest BCUT2D eigenvalue weighted by atomic mass is 10.1. The quantitative estimate of drug-likeness (QED) is 0.626. The van der Waals surface area contributed by atoms with Gasteiger partial charge in [-0.05, 0) is 31.2 Å². The minimum Gasteiger partial charge on any atom is -0.493 e. The largest absolute Gasteiger partial charge is 0.493 e. The van der Waals surface area contributed by atoms with E-state index in [-0.39, 0.29) is 11.1 Å². The monoisotopic (exact) mass is 351 g/mol. The summed E-state index contributed by atoms with van der Waals surface area (Å²) in [6, 6.07) is 12.3. The summed E-state index contributed by atoms with van der Waals surface area (Å²) >= 11 is 0. The fourth-order valence-corrected chi connectivity index (χ4v) is 2.53. The summed E-state index contributed by atoms with van der Waals surface area (Å²) in [6.07, 6.45) is -0.652. The second-order valence-electron chi connectivity index (χ2n) is 5.54. The number of fused-ring (bicyclic) bond motifs is 1. The number of hydrogen-bond acceptors (Lipinski definition) is 5. The van der Waals surface area contributed by atoms with Gasteiger partial charge in [-0.25, -0.2) is 4.84 Å². The molecular formula is C20H17NO5. The normalized spacial score (nSPS) is 13.7. The molecule has 0 saturated heterocycles. The average Bonchev–Trinajstić information content (AvgIpc) is 2.90. The molecule has 6 heteroatoms. The Bertz CT molecular complexity index is 868. The molecule has 2 amide bonds. The van der Waals surface area contributed by atoms with Gasteiger partial charge in [0.25, 0.3) is 11.8 Å². The molecular weight excluding hydrogens is 334 g/mol. The van der Waals surface area contributed by atoms with Crippen molar-refractivity contribution in [3.05, 3.63) is 59.2 Å². The van der Waals surface area contributed by atoms with Gasteiger partial charge in [-0.2, -0.15) is 0 Å². The minimum absolute atomic E-state index is 0.205. The first-order valence-electron chi connectivity index (χ1n) is 7.93. The molecule has 0 fully saturated rings.